The molecule has 0 aromatic heterocycles. The number of benzene rings is 1. The summed E-state index contributed by atoms with van der Waals surface area (Å²) in [7, 11) is 3.35. The first-order valence-electron chi connectivity index (χ1n) is 7.55. The highest BCUT2D eigenvalue weighted by molar-refractivity contribution is 5.43. The first kappa shape index (κ1) is 16.8. The minimum absolute atomic E-state index is 0.521. The predicted octanol–water partition coefficient (Wildman–Crippen LogP) is 3.66. The molecule has 1 atom stereocenters. The molecule has 0 amide bonds. The number of hydrogen-bond donors (Lipinski definition) is 1. The maximum Gasteiger partial charge on any atom is 0.160 e. The van der Waals surface area contributed by atoms with Crippen LogP contribution in [0.4, 0.5) is 0 Å². The van der Waals surface area contributed by atoms with Crippen LogP contribution in [0.5, 0.6) is 11.5 Å². The molecule has 0 saturated carbocycles. The van der Waals surface area contributed by atoms with Gasteiger partial charge in [-0.15, -0.1) is 0 Å². The first-order chi connectivity index (χ1) is 9.60. The molecule has 0 radical (unpaired) electrons. The topological polar surface area (TPSA) is 30.5 Å². The van der Waals surface area contributed by atoms with E-state index >= 15 is 0 Å². The van der Waals surface area contributed by atoms with E-state index in [4.69, 9.17) is 9.47 Å². The molecule has 0 heterocycles. The zero-order chi connectivity index (χ0) is 15.0. The Bertz CT molecular complexity index is 391. The van der Waals surface area contributed by atoms with E-state index in [1.54, 1.807) is 14.2 Å². The summed E-state index contributed by atoms with van der Waals surface area (Å²) in [6.45, 7) is 7.82. The van der Waals surface area contributed by atoms with Gasteiger partial charge >= 0.3 is 0 Å². The molecular formula is C17H29NO2. The van der Waals surface area contributed by atoms with Crippen molar-refractivity contribution in [3.05, 3.63) is 23.8 Å². The van der Waals surface area contributed by atoms with Crippen LogP contribution >= 0.6 is 0 Å². The van der Waals surface area contributed by atoms with Crippen LogP contribution in [-0.2, 0) is 6.42 Å². The van der Waals surface area contributed by atoms with Crippen molar-refractivity contribution in [3.63, 3.8) is 0 Å². The number of ether oxygens (including phenoxy) is 2. The zero-order valence-electron chi connectivity index (χ0n) is 13.5. The smallest absolute Gasteiger partial charge is 0.160 e. The van der Waals surface area contributed by atoms with Crippen LogP contribution in [0.2, 0.25) is 0 Å². The Morgan fingerprint density at radius 2 is 1.80 bits per heavy atom. The lowest BCUT2D eigenvalue weighted by Crippen LogP contribution is -2.33. The fraction of sp³-hybridized carbons (Fsp3) is 0.647. The fourth-order valence-electron chi connectivity index (χ4n) is 2.45. The quantitative estimate of drug-likeness (QED) is 0.748. The van der Waals surface area contributed by atoms with Crippen LogP contribution in [0.15, 0.2) is 18.2 Å². The third kappa shape index (κ3) is 5.41. The Labute approximate surface area is 123 Å². The van der Waals surface area contributed by atoms with Crippen LogP contribution in [0.1, 0.15) is 39.2 Å². The van der Waals surface area contributed by atoms with E-state index in [0.717, 1.165) is 24.5 Å². The standard InChI is InChI=1S/C17H29NO2/c1-6-9-18-15(10-13(2)3)11-14-7-8-16(19-4)17(12-14)20-5/h7-8,12-13,15,18H,6,9-11H2,1-5H3. The lowest BCUT2D eigenvalue weighted by atomic mass is 9.97. The van der Waals surface area contributed by atoms with Crippen molar-refractivity contribution < 1.29 is 9.47 Å². The van der Waals surface area contributed by atoms with Gasteiger partial charge in [-0.2, -0.15) is 0 Å². The van der Waals surface area contributed by atoms with Crippen molar-refractivity contribution >= 4 is 0 Å². The molecule has 0 aliphatic carbocycles. The molecule has 1 aromatic carbocycles. The first-order valence-corrected chi connectivity index (χ1v) is 7.55. The number of methoxy groups -OCH3 is 2. The van der Waals surface area contributed by atoms with Crippen molar-refractivity contribution in [1.82, 2.24) is 5.32 Å². The molecule has 1 N–H and O–H groups in total. The van der Waals surface area contributed by atoms with Gasteiger partial charge in [0.2, 0.25) is 0 Å². The summed E-state index contributed by atoms with van der Waals surface area (Å²) in [6, 6.07) is 6.72. The molecule has 0 aliphatic heterocycles. The summed E-state index contributed by atoms with van der Waals surface area (Å²) < 4.78 is 10.7. The summed E-state index contributed by atoms with van der Waals surface area (Å²) in [5, 5.41) is 3.64. The van der Waals surface area contributed by atoms with Gasteiger partial charge in [-0.1, -0.05) is 26.8 Å². The molecule has 0 spiro atoms. The average Bonchev–Trinajstić information content (AvgIpc) is 2.44. The summed E-state index contributed by atoms with van der Waals surface area (Å²) in [4.78, 5) is 0. The maximum absolute atomic E-state index is 5.38. The molecule has 1 aromatic rings. The fourth-order valence-corrected chi connectivity index (χ4v) is 2.45. The lowest BCUT2D eigenvalue weighted by molar-refractivity contribution is 0.354. The molecular weight excluding hydrogens is 250 g/mol. The van der Waals surface area contributed by atoms with Crippen LogP contribution in [0.3, 0.4) is 0 Å². The molecule has 0 fully saturated rings. The molecule has 3 heteroatoms. The SMILES string of the molecule is CCCNC(Cc1ccc(OC)c(OC)c1)CC(C)C. The van der Waals surface area contributed by atoms with Gasteiger partial charge in [0.05, 0.1) is 14.2 Å². The second-order valence-corrected chi connectivity index (χ2v) is 5.67. The average molecular weight is 279 g/mol. The number of rotatable bonds is 9. The van der Waals surface area contributed by atoms with Crippen molar-refractivity contribution in [2.75, 3.05) is 20.8 Å². The normalized spacial score (nSPS) is 12.5. The van der Waals surface area contributed by atoms with E-state index in [-0.39, 0.29) is 0 Å². The van der Waals surface area contributed by atoms with E-state index < -0.39 is 0 Å². The molecule has 0 aliphatic rings. The van der Waals surface area contributed by atoms with Crippen molar-refractivity contribution in [3.8, 4) is 11.5 Å². The summed E-state index contributed by atoms with van der Waals surface area (Å²) in [5.74, 6) is 2.30. The Balaban J connectivity index is 2.76. The third-order valence-corrected chi connectivity index (χ3v) is 3.37. The van der Waals surface area contributed by atoms with E-state index in [0.29, 0.717) is 12.0 Å². The largest absolute Gasteiger partial charge is 0.493 e. The van der Waals surface area contributed by atoms with Crippen molar-refractivity contribution in [2.45, 2.75) is 46.1 Å². The van der Waals surface area contributed by atoms with Crippen molar-refractivity contribution in [1.29, 1.82) is 0 Å². The van der Waals surface area contributed by atoms with Crippen LogP contribution in [-0.4, -0.2) is 26.8 Å². The molecule has 20 heavy (non-hydrogen) atoms. The summed E-state index contributed by atoms with van der Waals surface area (Å²) >= 11 is 0. The summed E-state index contributed by atoms with van der Waals surface area (Å²) in [6.07, 6.45) is 3.38. The minimum atomic E-state index is 0.521. The number of nitrogens with one attached hydrogen (secondary N) is 1. The molecule has 114 valence electrons. The van der Waals surface area contributed by atoms with Gasteiger partial charge < -0.3 is 14.8 Å². The Kier molecular flexibility index (Phi) is 7.45. The molecule has 3 nitrogen and oxygen atoms in total. The Morgan fingerprint density at radius 3 is 2.35 bits per heavy atom. The Morgan fingerprint density at radius 1 is 1.10 bits per heavy atom. The van der Waals surface area contributed by atoms with Crippen LogP contribution in [0, 0.1) is 5.92 Å². The zero-order valence-corrected chi connectivity index (χ0v) is 13.5. The van der Waals surface area contributed by atoms with E-state index in [1.807, 2.05) is 6.07 Å². The van der Waals surface area contributed by atoms with Crippen LogP contribution in [0.25, 0.3) is 0 Å². The molecule has 0 bridgehead atoms. The van der Waals surface area contributed by atoms with Crippen molar-refractivity contribution in [2.24, 2.45) is 5.92 Å². The molecule has 1 rings (SSSR count). The highest BCUT2D eigenvalue weighted by Crippen LogP contribution is 2.28. The highest BCUT2D eigenvalue weighted by atomic mass is 16.5. The van der Waals surface area contributed by atoms with Gasteiger partial charge in [0, 0.05) is 6.04 Å². The van der Waals surface area contributed by atoms with E-state index in [2.05, 4.69) is 38.2 Å². The summed E-state index contributed by atoms with van der Waals surface area (Å²) in [5.41, 5.74) is 1.29. The van der Waals surface area contributed by atoms with Crippen LogP contribution < -0.4 is 14.8 Å². The molecule has 1 unspecified atom stereocenters. The highest BCUT2D eigenvalue weighted by Gasteiger charge is 2.12. The van der Waals surface area contributed by atoms with Gasteiger partial charge in [0.15, 0.2) is 11.5 Å². The number of hydrogen-bond acceptors (Lipinski definition) is 3. The van der Waals surface area contributed by atoms with Gasteiger partial charge in [-0.25, -0.2) is 0 Å². The maximum atomic E-state index is 5.38. The van der Waals surface area contributed by atoms with Gasteiger partial charge in [0.25, 0.3) is 0 Å². The molecule has 0 saturated heterocycles. The monoisotopic (exact) mass is 279 g/mol. The van der Waals surface area contributed by atoms with E-state index in [9.17, 15) is 0 Å². The van der Waals surface area contributed by atoms with Gasteiger partial charge in [-0.3, -0.25) is 0 Å². The van der Waals surface area contributed by atoms with Gasteiger partial charge in [-0.05, 0) is 49.4 Å². The van der Waals surface area contributed by atoms with E-state index in [1.165, 1.54) is 18.4 Å². The third-order valence-electron chi connectivity index (χ3n) is 3.37. The Hall–Kier alpha value is -1.22. The second-order valence-electron chi connectivity index (χ2n) is 5.67. The minimum Gasteiger partial charge on any atom is -0.493 e. The predicted molar refractivity (Wildman–Crippen MR) is 84.8 cm³/mol. The van der Waals surface area contributed by atoms with Gasteiger partial charge in [0.1, 0.15) is 0 Å². The lowest BCUT2D eigenvalue weighted by Gasteiger charge is -2.21. The second kappa shape index (κ2) is 8.85.